The molecule has 1 unspecified atom stereocenters. The van der Waals surface area contributed by atoms with Gasteiger partial charge in [-0.15, -0.1) is 0 Å². The number of aliphatic hydroxyl groups excluding tert-OH is 1. The van der Waals surface area contributed by atoms with Crippen LogP contribution in [0.4, 0.5) is 0 Å². The smallest absolute Gasteiger partial charge is 0.295 e. The third-order valence-corrected chi connectivity index (χ3v) is 5.20. The fourth-order valence-electron chi connectivity index (χ4n) is 3.76. The molecule has 2 heterocycles. The van der Waals surface area contributed by atoms with Crippen molar-refractivity contribution in [1.82, 2.24) is 9.88 Å². The summed E-state index contributed by atoms with van der Waals surface area (Å²) in [6, 6.07) is 18.7. The summed E-state index contributed by atoms with van der Waals surface area (Å²) in [4.78, 5) is 31.7. The van der Waals surface area contributed by atoms with Gasteiger partial charge in [0, 0.05) is 24.5 Å². The van der Waals surface area contributed by atoms with Gasteiger partial charge in [0.05, 0.1) is 11.6 Å². The fourth-order valence-corrected chi connectivity index (χ4v) is 3.76. The fraction of sp³-hybridized carbons (Fsp3) is 0.115. The third-order valence-electron chi connectivity index (χ3n) is 5.20. The first-order chi connectivity index (χ1) is 15.6. The molecule has 2 aromatic carbocycles. The number of nitrogens with zero attached hydrogens (tertiary/aromatic N) is 2. The van der Waals surface area contributed by atoms with Crippen LogP contribution in [0.3, 0.4) is 0 Å². The van der Waals surface area contributed by atoms with Crippen molar-refractivity contribution < 1.29 is 19.4 Å². The summed E-state index contributed by atoms with van der Waals surface area (Å²) in [5, 5.41) is 11.1. The Morgan fingerprint density at radius 1 is 1.09 bits per heavy atom. The number of ketones is 1. The topological polar surface area (TPSA) is 79.7 Å². The quantitative estimate of drug-likeness (QED) is 0.264. The van der Waals surface area contributed by atoms with Gasteiger partial charge in [0.25, 0.3) is 11.7 Å². The molecule has 3 aromatic rings. The van der Waals surface area contributed by atoms with Crippen LogP contribution < -0.4 is 4.74 Å². The van der Waals surface area contributed by atoms with E-state index in [4.69, 9.17) is 4.74 Å². The van der Waals surface area contributed by atoms with Gasteiger partial charge in [0.1, 0.15) is 18.1 Å². The van der Waals surface area contributed by atoms with Crippen LogP contribution in [-0.2, 0) is 16.1 Å². The first-order valence-electron chi connectivity index (χ1n) is 10.2. The molecule has 0 saturated carbocycles. The van der Waals surface area contributed by atoms with E-state index in [2.05, 4.69) is 11.6 Å². The Morgan fingerprint density at radius 3 is 2.62 bits per heavy atom. The number of amides is 1. The van der Waals surface area contributed by atoms with Crippen molar-refractivity contribution in [2.75, 3.05) is 6.61 Å². The van der Waals surface area contributed by atoms with Crippen LogP contribution in [0, 0.1) is 0 Å². The van der Waals surface area contributed by atoms with E-state index in [1.54, 1.807) is 67.0 Å². The summed E-state index contributed by atoms with van der Waals surface area (Å²) < 4.78 is 5.65. The molecule has 160 valence electrons. The van der Waals surface area contributed by atoms with Crippen LogP contribution in [0.1, 0.15) is 22.7 Å². The Kier molecular flexibility index (Phi) is 6.12. The minimum absolute atomic E-state index is 0.0472. The van der Waals surface area contributed by atoms with Gasteiger partial charge in [-0.3, -0.25) is 14.6 Å². The molecule has 1 aliphatic heterocycles. The van der Waals surface area contributed by atoms with Crippen LogP contribution in [-0.4, -0.2) is 33.3 Å². The number of benzene rings is 2. The lowest BCUT2D eigenvalue weighted by molar-refractivity contribution is -0.140. The van der Waals surface area contributed by atoms with E-state index in [1.165, 1.54) is 4.90 Å². The SMILES string of the molecule is C=CCOc1cccc(C2/C(=C(\O)c3ccccc3)C(=O)C(=O)N2Cc2cccnc2)c1. The maximum Gasteiger partial charge on any atom is 0.295 e. The Balaban J connectivity index is 1.84. The number of rotatable bonds is 7. The van der Waals surface area contributed by atoms with Crippen LogP contribution in [0.5, 0.6) is 5.75 Å². The Labute approximate surface area is 186 Å². The monoisotopic (exact) mass is 426 g/mol. The highest BCUT2D eigenvalue weighted by atomic mass is 16.5. The number of hydrogen-bond donors (Lipinski definition) is 1. The van der Waals surface area contributed by atoms with Gasteiger partial charge >= 0.3 is 0 Å². The molecule has 1 aromatic heterocycles. The van der Waals surface area contributed by atoms with Crippen LogP contribution in [0.15, 0.2) is 97.4 Å². The molecule has 32 heavy (non-hydrogen) atoms. The molecule has 6 heteroatoms. The molecule has 0 aliphatic carbocycles. The summed E-state index contributed by atoms with van der Waals surface area (Å²) in [7, 11) is 0. The molecule has 1 fully saturated rings. The number of pyridine rings is 1. The van der Waals surface area contributed by atoms with Crippen molar-refractivity contribution >= 4 is 17.4 Å². The number of aliphatic hydroxyl groups is 1. The summed E-state index contributed by atoms with van der Waals surface area (Å²) >= 11 is 0. The first-order valence-corrected chi connectivity index (χ1v) is 10.2. The van der Waals surface area contributed by atoms with Crippen LogP contribution in [0.25, 0.3) is 5.76 Å². The van der Waals surface area contributed by atoms with E-state index in [9.17, 15) is 14.7 Å². The van der Waals surface area contributed by atoms with Crippen LogP contribution >= 0.6 is 0 Å². The number of aromatic nitrogens is 1. The Morgan fingerprint density at radius 2 is 1.91 bits per heavy atom. The lowest BCUT2D eigenvalue weighted by Gasteiger charge is -2.25. The van der Waals surface area contributed by atoms with E-state index in [0.717, 1.165) is 5.56 Å². The Bertz CT molecular complexity index is 1170. The molecule has 1 atom stereocenters. The minimum atomic E-state index is -0.775. The average molecular weight is 426 g/mol. The zero-order chi connectivity index (χ0) is 22.5. The van der Waals surface area contributed by atoms with E-state index in [-0.39, 0.29) is 17.9 Å². The highest BCUT2D eigenvalue weighted by Crippen LogP contribution is 2.41. The molecular weight excluding hydrogens is 404 g/mol. The highest BCUT2D eigenvalue weighted by Gasteiger charge is 2.46. The van der Waals surface area contributed by atoms with E-state index in [0.29, 0.717) is 23.5 Å². The second-order valence-corrected chi connectivity index (χ2v) is 7.33. The summed E-state index contributed by atoms with van der Waals surface area (Å²) in [5.41, 5.74) is 1.95. The average Bonchev–Trinajstić information content (AvgIpc) is 3.08. The molecule has 0 bridgehead atoms. The van der Waals surface area contributed by atoms with Gasteiger partial charge in [-0.1, -0.05) is 61.2 Å². The maximum atomic E-state index is 13.1. The molecular formula is C26H22N2O4. The molecule has 6 nitrogen and oxygen atoms in total. The third kappa shape index (κ3) is 4.16. The molecule has 0 spiro atoms. The van der Waals surface area contributed by atoms with E-state index < -0.39 is 17.7 Å². The van der Waals surface area contributed by atoms with Crippen molar-refractivity contribution in [2.45, 2.75) is 12.6 Å². The molecule has 4 rings (SSSR count). The van der Waals surface area contributed by atoms with Gasteiger partial charge in [0.15, 0.2) is 0 Å². The van der Waals surface area contributed by atoms with Crippen molar-refractivity contribution in [3.05, 3.63) is 114 Å². The number of hydrogen-bond acceptors (Lipinski definition) is 5. The molecule has 1 saturated heterocycles. The first kappa shape index (κ1) is 21.1. The van der Waals surface area contributed by atoms with Crippen molar-refractivity contribution in [1.29, 1.82) is 0 Å². The predicted molar refractivity (Wildman–Crippen MR) is 121 cm³/mol. The number of Topliss-reactive ketones (excluding diaryl/α,β-unsaturated/α-hetero) is 1. The van der Waals surface area contributed by atoms with Crippen molar-refractivity contribution in [2.24, 2.45) is 0 Å². The molecule has 1 aliphatic rings. The minimum Gasteiger partial charge on any atom is -0.507 e. The summed E-state index contributed by atoms with van der Waals surface area (Å²) in [5.74, 6) is -1.03. The zero-order valence-corrected chi connectivity index (χ0v) is 17.3. The highest BCUT2D eigenvalue weighted by molar-refractivity contribution is 6.46. The van der Waals surface area contributed by atoms with Crippen molar-refractivity contribution in [3.8, 4) is 5.75 Å². The number of carbonyl (C=O) groups is 2. The molecule has 1 N–H and O–H groups in total. The van der Waals surface area contributed by atoms with E-state index >= 15 is 0 Å². The second-order valence-electron chi connectivity index (χ2n) is 7.33. The number of ether oxygens (including phenoxy) is 1. The maximum absolute atomic E-state index is 13.1. The largest absolute Gasteiger partial charge is 0.507 e. The summed E-state index contributed by atoms with van der Waals surface area (Å²) in [6.07, 6.45) is 4.93. The molecule has 1 amide bonds. The second kappa shape index (κ2) is 9.31. The van der Waals surface area contributed by atoms with Gasteiger partial charge < -0.3 is 14.7 Å². The lowest BCUT2D eigenvalue weighted by atomic mass is 9.95. The Hall–Kier alpha value is -4.19. The van der Waals surface area contributed by atoms with Crippen molar-refractivity contribution in [3.63, 3.8) is 0 Å². The van der Waals surface area contributed by atoms with Gasteiger partial charge in [0.2, 0.25) is 0 Å². The predicted octanol–water partition coefficient (Wildman–Crippen LogP) is 4.27. The van der Waals surface area contributed by atoms with E-state index in [1.807, 2.05) is 18.2 Å². The van der Waals surface area contributed by atoms with Crippen LogP contribution in [0.2, 0.25) is 0 Å². The molecule has 0 radical (unpaired) electrons. The summed E-state index contributed by atoms with van der Waals surface area (Å²) in [6.45, 7) is 4.15. The van der Waals surface area contributed by atoms with Gasteiger partial charge in [-0.2, -0.15) is 0 Å². The van der Waals surface area contributed by atoms with Gasteiger partial charge in [-0.25, -0.2) is 0 Å². The van der Waals surface area contributed by atoms with Gasteiger partial charge in [-0.05, 0) is 29.3 Å². The number of likely N-dealkylation sites (tertiary alicyclic amines) is 1. The normalized spacial score (nSPS) is 17.4. The number of carbonyl (C=O) groups excluding carboxylic acids is 2. The standard InChI is InChI=1S/C26H22N2O4/c1-2-14-32-21-12-6-11-20(15-21)23-22(24(29)19-9-4-3-5-10-19)25(30)26(31)28(23)17-18-8-7-13-27-16-18/h2-13,15-16,23,29H,1,14,17H2/b24-22+. The lowest BCUT2D eigenvalue weighted by Crippen LogP contribution is -2.29. The zero-order valence-electron chi connectivity index (χ0n) is 17.3.